The molecule has 130 valence electrons. The molecule has 26 heavy (non-hydrogen) atoms. The minimum Gasteiger partial charge on any atom is -0.384 e. The molecule has 0 saturated heterocycles. The number of nitrogens with zero attached hydrogens (tertiary/aromatic N) is 3. The summed E-state index contributed by atoms with van der Waals surface area (Å²) in [5.74, 6) is 1.98. The monoisotopic (exact) mass is 382 g/mol. The SMILES string of the molecule is Clc1ccc(C2=NC3=C(CCNc4cc(Cl)ccc43)C3=NCCN32)cc1. The highest BCUT2D eigenvalue weighted by molar-refractivity contribution is 6.31. The molecule has 0 atom stereocenters. The van der Waals surface area contributed by atoms with Gasteiger partial charge in [-0.2, -0.15) is 0 Å². The molecule has 0 radical (unpaired) electrons. The van der Waals surface area contributed by atoms with Crippen molar-refractivity contribution in [1.29, 1.82) is 0 Å². The van der Waals surface area contributed by atoms with Gasteiger partial charge in [0.15, 0.2) is 0 Å². The Balaban J connectivity index is 1.72. The van der Waals surface area contributed by atoms with Gasteiger partial charge < -0.3 is 10.2 Å². The molecule has 0 aromatic heterocycles. The van der Waals surface area contributed by atoms with Crippen LogP contribution in [0.15, 0.2) is 58.0 Å². The highest BCUT2D eigenvalue weighted by atomic mass is 35.5. The summed E-state index contributed by atoms with van der Waals surface area (Å²) in [6.45, 7) is 2.49. The maximum Gasteiger partial charge on any atom is 0.142 e. The van der Waals surface area contributed by atoms with Gasteiger partial charge in [-0.25, -0.2) is 4.99 Å². The second-order valence-electron chi connectivity index (χ2n) is 6.49. The van der Waals surface area contributed by atoms with Gasteiger partial charge in [-0.05, 0) is 48.9 Å². The van der Waals surface area contributed by atoms with Crippen molar-refractivity contribution >= 4 is 46.3 Å². The van der Waals surface area contributed by atoms with E-state index in [2.05, 4.69) is 10.2 Å². The maximum absolute atomic E-state index is 6.20. The Hall–Kier alpha value is -2.30. The maximum atomic E-state index is 6.20. The molecule has 3 heterocycles. The quantitative estimate of drug-likeness (QED) is 0.776. The number of hydrogen-bond acceptors (Lipinski definition) is 4. The van der Waals surface area contributed by atoms with Crippen LogP contribution in [0.3, 0.4) is 0 Å². The Morgan fingerprint density at radius 1 is 0.962 bits per heavy atom. The summed E-state index contributed by atoms with van der Waals surface area (Å²) in [7, 11) is 0. The first-order chi connectivity index (χ1) is 12.7. The normalized spacial score (nSPS) is 18.3. The summed E-state index contributed by atoms with van der Waals surface area (Å²) in [5.41, 5.74) is 5.33. The fourth-order valence-corrected chi connectivity index (χ4v) is 4.01. The van der Waals surface area contributed by atoms with Crippen molar-refractivity contribution in [3.63, 3.8) is 0 Å². The van der Waals surface area contributed by atoms with Gasteiger partial charge in [-0.15, -0.1) is 0 Å². The van der Waals surface area contributed by atoms with Crippen molar-refractivity contribution in [2.75, 3.05) is 25.0 Å². The molecule has 0 spiro atoms. The summed E-state index contributed by atoms with van der Waals surface area (Å²) in [6.07, 6.45) is 0.883. The van der Waals surface area contributed by atoms with Crippen LogP contribution in [0.25, 0.3) is 5.70 Å². The molecule has 0 amide bonds. The number of halogens is 2. The lowest BCUT2D eigenvalue weighted by Gasteiger charge is -2.29. The third-order valence-corrected chi connectivity index (χ3v) is 5.39. The lowest BCUT2D eigenvalue weighted by atomic mass is 10.00. The topological polar surface area (TPSA) is 40.0 Å². The van der Waals surface area contributed by atoms with Crippen LogP contribution in [0, 0.1) is 0 Å². The number of nitrogens with one attached hydrogen (secondary N) is 1. The average Bonchev–Trinajstić information content (AvgIpc) is 3.06. The van der Waals surface area contributed by atoms with Crippen molar-refractivity contribution in [3.05, 3.63) is 69.2 Å². The van der Waals surface area contributed by atoms with Crippen LogP contribution < -0.4 is 5.32 Å². The molecule has 2 aromatic rings. The minimum atomic E-state index is 0.720. The summed E-state index contributed by atoms with van der Waals surface area (Å²) in [4.78, 5) is 12.1. The van der Waals surface area contributed by atoms with Gasteiger partial charge in [0.25, 0.3) is 0 Å². The van der Waals surface area contributed by atoms with Crippen LogP contribution in [-0.2, 0) is 0 Å². The van der Waals surface area contributed by atoms with Gasteiger partial charge in [-0.3, -0.25) is 4.99 Å². The van der Waals surface area contributed by atoms with E-state index in [0.29, 0.717) is 0 Å². The zero-order valence-electron chi connectivity index (χ0n) is 14.0. The molecule has 4 nitrogen and oxygen atoms in total. The van der Waals surface area contributed by atoms with Crippen molar-refractivity contribution < 1.29 is 0 Å². The van der Waals surface area contributed by atoms with Gasteiger partial charge in [0.2, 0.25) is 0 Å². The third-order valence-electron chi connectivity index (χ3n) is 4.90. The smallest absolute Gasteiger partial charge is 0.142 e. The van der Waals surface area contributed by atoms with Gasteiger partial charge in [0.05, 0.1) is 12.2 Å². The minimum absolute atomic E-state index is 0.720. The molecule has 3 aliphatic rings. The van der Waals surface area contributed by atoms with Crippen molar-refractivity contribution in [2.24, 2.45) is 9.98 Å². The first-order valence-electron chi connectivity index (χ1n) is 8.64. The van der Waals surface area contributed by atoms with Crippen molar-refractivity contribution in [3.8, 4) is 0 Å². The number of aliphatic imine (C=N–C) groups is 2. The predicted octanol–water partition coefficient (Wildman–Crippen LogP) is 4.69. The number of fused-ring (bicyclic) bond motifs is 4. The largest absolute Gasteiger partial charge is 0.384 e. The third kappa shape index (κ3) is 2.52. The van der Waals surface area contributed by atoms with E-state index < -0.39 is 0 Å². The molecule has 0 saturated carbocycles. The highest BCUT2D eigenvalue weighted by Crippen LogP contribution is 2.38. The number of anilines is 1. The Kier molecular flexibility index (Phi) is 3.76. The van der Waals surface area contributed by atoms with E-state index in [4.69, 9.17) is 33.2 Å². The van der Waals surface area contributed by atoms with E-state index in [1.54, 1.807) is 0 Å². The van der Waals surface area contributed by atoms with Crippen LogP contribution in [0.1, 0.15) is 17.5 Å². The van der Waals surface area contributed by atoms with Crippen molar-refractivity contribution in [1.82, 2.24) is 4.90 Å². The molecule has 0 bridgehead atoms. The number of amidine groups is 2. The van der Waals surface area contributed by atoms with Gasteiger partial charge in [0.1, 0.15) is 11.7 Å². The van der Waals surface area contributed by atoms with E-state index >= 15 is 0 Å². The van der Waals surface area contributed by atoms with E-state index in [1.807, 2.05) is 42.5 Å². The predicted molar refractivity (Wildman–Crippen MR) is 108 cm³/mol. The Bertz CT molecular complexity index is 989. The van der Waals surface area contributed by atoms with E-state index in [9.17, 15) is 0 Å². The highest BCUT2D eigenvalue weighted by Gasteiger charge is 2.33. The Labute approximate surface area is 161 Å². The van der Waals surface area contributed by atoms with Gasteiger partial charge in [-0.1, -0.05) is 23.2 Å². The zero-order valence-corrected chi connectivity index (χ0v) is 15.5. The van der Waals surface area contributed by atoms with Crippen LogP contribution in [0.5, 0.6) is 0 Å². The van der Waals surface area contributed by atoms with Crippen LogP contribution in [-0.4, -0.2) is 36.2 Å². The molecule has 6 heteroatoms. The lowest BCUT2D eigenvalue weighted by Crippen LogP contribution is -2.38. The molecule has 0 aliphatic carbocycles. The van der Waals surface area contributed by atoms with Crippen molar-refractivity contribution in [2.45, 2.75) is 6.42 Å². The molecular weight excluding hydrogens is 367 g/mol. The molecular formula is C20H16Cl2N4. The standard InChI is InChI=1S/C20H16Cl2N4/c21-13-3-1-12(2-4-13)19-25-18-15-6-5-14(22)11-17(15)23-8-7-16(18)20-24-9-10-26(19)20/h1-6,11,23H,7-10H2. The van der Waals surface area contributed by atoms with E-state index in [-0.39, 0.29) is 0 Å². The molecule has 3 aliphatic heterocycles. The second-order valence-corrected chi connectivity index (χ2v) is 7.37. The first-order valence-corrected chi connectivity index (χ1v) is 9.40. The molecule has 0 unspecified atom stereocenters. The fourth-order valence-electron chi connectivity index (χ4n) is 3.72. The Morgan fingerprint density at radius 2 is 1.77 bits per heavy atom. The summed E-state index contributed by atoms with van der Waals surface area (Å²) in [6, 6.07) is 13.8. The second kappa shape index (κ2) is 6.15. The fraction of sp³-hybridized carbons (Fsp3) is 0.200. The summed E-state index contributed by atoms with van der Waals surface area (Å²) in [5, 5.41) is 4.92. The zero-order chi connectivity index (χ0) is 17.7. The summed E-state index contributed by atoms with van der Waals surface area (Å²) < 4.78 is 0. The number of benzene rings is 2. The molecule has 0 fully saturated rings. The molecule has 5 rings (SSSR count). The van der Waals surface area contributed by atoms with Gasteiger partial charge in [0, 0.05) is 45.5 Å². The average molecular weight is 383 g/mol. The molecule has 2 aromatic carbocycles. The summed E-state index contributed by atoms with van der Waals surface area (Å²) >= 11 is 12.3. The van der Waals surface area contributed by atoms with Crippen LogP contribution in [0.4, 0.5) is 5.69 Å². The molecule has 1 N–H and O–H groups in total. The van der Waals surface area contributed by atoms with E-state index in [0.717, 1.165) is 70.3 Å². The first kappa shape index (κ1) is 15.9. The lowest BCUT2D eigenvalue weighted by molar-refractivity contribution is 0.659. The van der Waals surface area contributed by atoms with Crippen LogP contribution in [0.2, 0.25) is 10.0 Å². The number of hydrogen-bond donors (Lipinski definition) is 1. The van der Waals surface area contributed by atoms with Gasteiger partial charge >= 0.3 is 0 Å². The van der Waals surface area contributed by atoms with E-state index in [1.165, 1.54) is 5.57 Å². The number of rotatable bonds is 1. The van der Waals surface area contributed by atoms with Crippen LogP contribution >= 0.6 is 23.2 Å². The Morgan fingerprint density at radius 3 is 2.62 bits per heavy atom.